The summed E-state index contributed by atoms with van der Waals surface area (Å²) in [5.41, 5.74) is 0.960. The van der Waals surface area contributed by atoms with Crippen molar-refractivity contribution in [1.29, 1.82) is 0 Å². The zero-order chi connectivity index (χ0) is 11.5. The quantitative estimate of drug-likeness (QED) is 0.837. The third-order valence-electron chi connectivity index (χ3n) is 3.03. The molecule has 0 spiro atoms. The van der Waals surface area contributed by atoms with Gasteiger partial charge in [0, 0.05) is 0 Å². The van der Waals surface area contributed by atoms with E-state index in [-0.39, 0.29) is 17.7 Å². The average molecular weight is 224 g/mol. The van der Waals surface area contributed by atoms with E-state index in [4.69, 9.17) is 4.74 Å². The number of aliphatic hydroxyl groups is 1. The second kappa shape index (κ2) is 4.83. The van der Waals surface area contributed by atoms with Gasteiger partial charge < -0.3 is 9.84 Å². The zero-order valence-electron chi connectivity index (χ0n) is 9.45. The van der Waals surface area contributed by atoms with E-state index in [0.717, 1.165) is 31.2 Å². The minimum atomic E-state index is -0.464. The van der Waals surface area contributed by atoms with E-state index in [1.807, 2.05) is 6.92 Å². The second-order valence-electron chi connectivity index (χ2n) is 4.44. The fourth-order valence-corrected chi connectivity index (χ4v) is 2.08. The average Bonchev–Trinajstić information content (AvgIpc) is 2.27. The Kier molecular flexibility index (Phi) is 3.44. The van der Waals surface area contributed by atoms with E-state index in [1.165, 1.54) is 6.07 Å². The lowest BCUT2D eigenvalue weighted by Crippen LogP contribution is -2.34. The Morgan fingerprint density at radius 2 is 2.06 bits per heavy atom. The summed E-state index contributed by atoms with van der Waals surface area (Å²) < 4.78 is 19.0. The highest BCUT2D eigenvalue weighted by molar-refractivity contribution is 5.29. The summed E-state index contributed by atoms with van der Waals surface area (Å²) in [4.78, 5) is 0. The van der Waals surface area contributed by atoms with Gasteiger partial charge >= 0.3 is 0 Å². The first-order valence-corrected chi connectivity index (χ1v) is 5.77. The fraction of sp³-hybridized carbons (Fsp3) is 0.538. The van der Waals surface area contributed by atoms with Crippen LogP contribution in [0.2, 0.25) is 0 Å². The van der Waals surface area contributed by atoms with Crippen molar-refractivity contribution in [2.75, 3.05) is 0 Å². The van der Waals surface area contributed by atoms with Crippen molar-refractivity contribution >= 4 is 0 Å². The summed E-state index contributed by atoms with van der Waals surface area (Å²) in [5.74, 6) is -0.102. The van der Waals surface area contributed by atoms with Crippen LogP contribution >= 0.6 is 0 Å². The van der Waals surface area contributed by atoms with Crippen molar-refractivity contribution in [3.63, 3.8) is 0 Å². The zero-order valence-corrected chi connectivity index (χ0v) is 9.45. The van der Waals surface area contributed by atoms with Gasteiger partial charge in [0.2, 0.25) is 0 Å². The normalized spacial score (nSPS) is 25.4. The summed E-state index contributed by atoms with van der Waals surface area (Å²) in [7, 11) is 0. The Morgan fingerprint density at radius 1 is 1.31 bits per heavy atom. The molecule has 0 unspecified atom stereocenters. The van der Waals surface area contributed by atoms with Crippen molar-refractivity contribution in [1.82, 2.24) is 0 Å². The van der Waals surface area contributed by atoms with Gasteiger partial charge in [-0.05, 0) is 43.9 Å². The van der Waals surface area contributed by atoms with Gasteiger partial charge in [0.05, 0.1) is 6.10 Å². The van der Waals surface area contributed by atoms with Gasteiger partial charge in [-0.15, -0.1) is 0 Å². The van der Waals surface area contributed by atoms with E-state index in [9.17, 15) is 9.50 Å². The summed E-state index contributed by atoms with van der Waals surface area (Å²) >= 11 is 0. The van der Waals surface area contributed by atoms with Gasteiger partial charge in [-0.2, -0.15) is 0 Å². The largest absolute Gasteiger partial charge is 0.485 e. The van der Waals surface area contributed by atoms with Gasteiger partial charge in [-0.25, -0.2) is 4.39 Å². The predicted molar refractivity (Wildman–Crippen MR) is 60.0 cm³/mol. The molecular formula is C13H17FO2. The van der Waals surface area contributed by atoms with Crippen molar-refractivity contribution in [3.8, 4) is 5.75 Å². The molecule has 0 bridgehead atoms. The number of rotatable bonds is 2. The fourth-order valence-electron chi connectivity index (χ4n) is 2.08. The second-order valence-corrected chi connectivity index (χ2v) is 4.44. The molecule has 1 aromatic rings. The molecule has 1 aliphatic carbocycles. The minimum Gasteiger partial charge on any atom is -0.485 e. The van der Waals surface area contributed by atoms with E-state index < -0.39 is 6.10 Å². The van der Waals surface area contributed by atoms with Crippen molar-refractivity contribution in [2.24, 2.45) is 0 Å². The van der Waals surface area contributed by atoms with E-state index in [1.54, 1.807) is 12.1 Å². The molecule has 16 heavy (non-hydrogen) atoms. The van der Waals surface area contributed by atoms with Crippen molar-refractivity contribution in [3.05, 3.63) is 29.6 Å². The number of halogens is 1. The molecule has 3 heteroatoms. The number of aliphatic hydroxyl groups excluding tert-OH is 1. The molecule has 0 aliphatic heterocycles. The monoisotopic (exact) mass is 224 g/mol. The van der Waals surface area contributed by atoms with E-state index >= 15 is 0 Å². The molecule has 1 N–H and O–H groups in total. The van der Waals surface area contributed by atoms with Crippen LogP contribution in [0.1, 0.15) is 31.2 Å². The Labute approximate surface area is 95.1 Å². The molecule has 0 radical (unpaired) electrons. The maximum Gasteiger partial charge on any atom is 0.165 e. The smallest absolute Gasteiger partial charge is 0.165 e. The lowest BCUT2D eigenvalue weighted by molar-refractivity contribution is 0.00496. The Balaban J connectivity index is 2.10. The Bertz CT molecular complexity index is 365. The maximum absolute atomic E-state index is 13.4. The molecule has 0 aromatic heterocycles. The van der Waals surface area contributed by atoms with Crippen molar-refractivity contribution in [2.45, 2.75) is 44.8 Å². The maximum atomic E-state index is 13.4. The molecule has 2 atom stereocenters. The van der Waals surface area contributed by atoms with Gasteiger partial charge in [0.25, 0.3) is 0 Å². The molecule has 1 aromatic carbocycles. The SMILES string of the molecule is Cc1ccc(F)c(O[C@@H]2CCCC[C@H]2O)c1. The van der Waals surface area contributed by atoms with Crippen LogP contribution in [0, 0.1) is 12.7 Å². The third-order valence-corrected chi connectivity index (χ3v) is 3.03. The van der Waals surface area contributed by atoms with Crippen LogP contribution in [0.15, 0.2) is 18.2 Å². The van der Waals surface area contributed by atoms with Crippen LogP contribution in [-0.2, 0) is 0 Å². The molecule has 1 fully saturated rings. The third kappa shape index (κ3) is 2.53. The molecule has 2 rings (SSSR count). The van der Waals surface area contributed by atoms with Crippen molar-refractivity contribution < 1.29 is 14.2 Å². The lowest BCUT2D eigenvalue weighted by Gasteiger charge is -2.28. The molecule has 1 aliphatic rings. The molecule has 0 saturated heterocycles. The summed E-state index contributed by atoms with van der Waals surface area (Å²) in [6, 6.07) is 4.79. The Hall–Kier alpha value is -1.09. The van der Waals surface area contributed by atoms with E-state index in [2.05, 4.69) is 0 Å². The highest BCUT2D eigenvalue weighted by Crippen LogP contribution is 2.26. The molecular weight excluding hydrogens is 207 g/mol. The lowest BCUT2D eigenvalue weighted by atomic mass is 9.95. The van der Waals surface area contributed by atoms with Crippen LogP contribution in [0.5, 0.6) is 5.75 Å². The number of hydrogen-bond acceptors (Lipinski definition) is 2. The van der Waals surface area contributed by atoms with E-state index in [0.29, 0.717) is 0 Å². The minimum absolute atomic E-state index is 0.256. The highest BCUT2D eigenvalue weighted by atomic mass is 19.1. The first kappa shape index (κ1) is 11.4. The first-order chi connectivity index (χ1) is 7.66. The first-order valence-electron chi connectivity index (χ1n) is 5.77. The van der Waals surface area contributed by atoms with Gasteiger partial charge in [-0.3, -0.25) is 0 Å². The van der Waals surface area contributed by atoms with Gasteiger partial charge in [0.15, 0.2) is 11.6 Å². The molecule has 1 saturated carbocycles. The summed E-state index contributed by atoms with van der Waals surface area (Å²) in [6.45, 7) is 1.89. The van der Waals surface area contributed by atoms with Gasteiger partial charge in [0.1, 0.15) is 6.10 Å². The number of aryl methyl sites for hydroxylation is 1. The Morgan fingerprint density at radius 3 is 2.81 bits per heavy atom. The van der Waals surface area contributed by atoms with Gasteiger partial charge in [-0.1, -0.05) is 12.5 Å². The van der Waals surface area contributed by atoms with Crippen LogP contribution < -0.4 is 4.74 Å². The summed E-state index contributed by atoms with van der Waals surface area (Å²) in [6.07, 6.45) is 2.89. The number of ether oxygens (including phenoxy) is 1. The highest BCUT2D eigenvalue weighted by Gasteiger charge is 2.25. The van der Waals surface area contributed by atoms with Crippen LogP contribution in [0.3, 0.4) is 0 Å². The standard InChI is InChI=1S/C13H17FO2/c1-9-6-7-10(14)13(8-9)16-12-5-3-2-4-11(12)15/h6-8,11-12,15H,2-5H2,1H3/t11-,12-/m1/s1. The molecule has 2 nitrogen and oxygen atoms in total. The summed E-state index contributed by atoms with van der Waals surface area (Å²) in [5, 5.41) is 9.74. The molecule has 88 valence electrons. The molecule has 0 heterocycles. The van der Waals surface area contributed by atoms with Crippen LogP contribution in [0.25, 0.3) is 0 Å². The topological polar surface area (TPSA) is 29.5 Å². The predicted octanol–water partition coefficient (Wildman–Crippen LogP) is 2.82. The molecule has 0 amide bonds. The van der Waals surface area contributed by atoms with Crippen LogP contribution in [-0.4, -0.2) is 17.3 Å². The number of benzene rings is 1. The number of hydrogen-bond donors (Lipinski definition) is 1. The van der Waals surface area contributed by atoms with Crippen LogP contribution in [0.4, 0.5) is 4.39 Å².